The smallest absolute Gasteiger partial charge is 0.290 e. The molecule has 1 aromatic rings. The van der Waals surface area contributed by atoms with Crippen LogP contribution < -0.4 is 5.32 Å². The average molecular weight is 278 g/mol. The number of nitrogens with zero attached hydrogens (tertiary/aromatic N) is 2. The predicted octanol–water partition coefficient (Wildman–Crippen LogP) is 2.70. The number of hydrogen-bond donors (Lipinski definition) is 2. The van der Waals surface area contributed by atoms with E-state index < -0.39 is 0 Å². The van der Waals surface area contributed by atoms with Crippen LogP contribution in [0.4, 0.5) is 0 Å². The van der Waals surface area contributed by atoms with Crippen molar-refractivity contribution in [2.75, 3.05) is 6.54 Å². The topological polar surface area (TPSA) is 70.7 Å². The van der Waals surface area contributed by atoms with Crippen LogP contribution in [-0.2, 0) is 6.42 Å². The quantitative estimate of drug-likeness (QED) is 0.840. The molecule has 0 bridgehead atoms. The molecule has 20 heavy (non-hydrogen) atoms. The third kappa shape index (κ3) is 3.58. The van der Waals surface area contributed by atoms with Gasteiger partial charge in [-0.1, -0.05) is 33.6 Å². The van der Waals surface area contributed by atoms with Crippen molar-refractivity contribution in [3.05, 3.63) is 11.6 Å². The summed E-state index contributed by atoms with van der Waals surface area (Å²) in [6.45, 7) is 7.24. The van der Waals surface area contributed by atoms with E-state index >= 15 is 0 Å². The van der Waals surface area contributed by atoms with Crippen LogP contribution in [0.3, 0.4) is 0 Å². The first-order chi connectivity index (χ1) is 9.54. The van der Waals surface area contributed by atoms with E-state index in [-0.39, 0.29) is 17.1 Å². The number of aryl methyl sites for hydroxylation is 1. The fraction of sp³-hybridized carbons (Fsp3) is 0.800. The molecule has 1 saturated carbocycles. The van der Waals surface area contributed by atoms with Crippen molar-refractivity contribution in [2.24, 2.45) is 11.3 Å². The van der Waals surface area contributed by atoms with Gasteiger partial charge in [-0.25, -0.2) is 4.98 Å². The summed E-state index contributed by atoms with van der Waals surface area (Å²) in [6.07, 6.45) is 6.95. The van der Waals surface area contributed by atoms with Crippen molar-refractivity contribution in [2.45, 2.75) is 59.3 Å². The first-order valence-electron chi connectivity index (χ1n) is 7.74. The summed E-state index contributed by atoms with van der Waals surface area (Å²) in [5.74, 6) is 1.53. The van der Waals surface area contributed by atoms with Crippen LogP contribution in [0.15, 0.2) is 0 Å². The largest absolute Gasteiger partial charge is 0.349 e. The Balaban J connectivity index is 1.93. The summed E-state index contributed by atoms with van der Waals surface area (Å²) in [6, 6.07) is 0. The Hall–Kier alpha value is -1.39. The second-order valence-corrected chi connectivity index (χ2v) is 6.45. The van der Waals surface area contributed by atoms with Gasteiger partial charge in [0, 0.05) is 13.0 Å². The Morgan fingerprint density at radius 3 is 2.65 bits per heavy atom. The zero-order chi connectivity index (χ0) is 14.6. The van der Waals surface area contributed by atoms with Gasteiger partial charge in [-0.2, -0.15) is 0 Å². The number of amides is 1. The highest BCUT2D eigenvalue weighted by molar-refractivity contribution is 5.90. The third-order valence-corrected chi connectivity index (χ3v) is 4.20. The van der Waals surface area contributed by atoms with Gasteiger partial charge in [0.1, 0.15) is 5.82 Å². The lowest BCUT2D eigenvalue weighted by atomic mass is 9.78. The molecule has 1 aliphatic carbocycles. The van der Waals surface area contributed by atoms with Gasteiger partial charge in [-0.05, 0) is 30.6 Å². The van der Waals surface area contributed by atoms with Crippen LogP contribution in [0.1, 0.15) is 69.3 Å². The van der Waals surface area contributed by atoms with Crippen LogP contribution in [0.5, 0.6) is 0 Å². The first-order valence-corrected chi connectivity index (χ1v) is 7.74. The fourth-order valence-electron chi connectivity index (χ4n) is 3.35. The van der Waals surface area contributed by atoms with E-state index in [1.165, 1.54) is 32.1 Å². The Morgan fingerprint density at radius 2 is 2.10 bits per heavy atom. The minimum atomic E-state index is -0.156. The lowest BCUT2D eigenvalue weighted by Crippen LogP contribution is -2.37. The maximum absolute atomic E-state index is 12.1. The van der Waals surface area contributed by atoms with E-state index in [0.717, 1.165) is 18.8 Å². The lowest BCUT2D eigenvalue weighted by molar-refractivity contribution is 0.0911. The van der Waals surface area contributed by atoms with Gasteiger partial charge >= 0.3 is 0 Å². The second kappa shape index (κ2) is 6.37. The van der Waals surface area contributed by atoms with Gasteiger partial charge in [-0.15, -0.1) is 5.10 Å². The zero-order valence-electron chi connectivity index (χ0n) is 12.8. The highest BCUT2D eigenvalue weighted by Crippen LogP contribution is 2.42. The summed E-state index contributed by atoms with van der Waals surface area (Å²) in [7, 11) is 0. The molecule has 0 aromatic carbocycles. The van der Waals surface area contributed by atoms with Gasteiger partial charge in [0.15, 0.2) is 0 Å². The van der Waals surface area contributed by atoms with Crippen molar-refractivity contribution in [1.29, 1.82) is 0 Å². The summed E-state index contributed by atoms with van der Waals surface area (Å²) < 4.78 is 0. The fourth-order valence-corrected chi connectivity index (χ4v) is 3.35. The normalized spacial score (nSPS) is 17.6. The number of aromatic nitrogens is 3. The maximum Gasteiger partial charge on any atom is 0.290 e. The number of H-pyrrole nitrogens is 1. The SMILES string of the molecule is CCc1nc(C(=O)NCC2(CC(C)C)CCCC2)n[nH]1. The Kier molecular flexibility index (Phi) is 4.78. The van der Waals surface area contributed by atoms with E-state index in [4.69, 9.17) is 0 Å². The van der Waals surface area contributed by atoms with Gasteiger partial charge < -0.3 is 5.32 Å². The van der Waals surface area contributed by atoms with Crippen LogP contribution in [0, 0.1) is 11.3 Å². The molecular formula is C15H26N4O. The summed E-state index contributed by atoms with van der Waals surface area (Å²) in [4.78, 5) is 16.3. The Bertz CT molecular complexity index is 446. The lowest BCUT2D eigenvalue weighted by Gasteiger charge is -2.31. The first kappa shape index (κ1) is 15.0. The van der Waals surface area contributed by atoms with Crippen molar-refractivity contribution in [1.82, 2.24) is 20.5 Å². The molecule has 1 heterocycles. The summed E-state index contributed by atoms with van der Waals surface area (Å²) in [5, 5.41) is 9.79. The number of carbonyl (C=O) groups excluding carboxylic acids is 1. The molecule has 1 amide bonds. The van der Waals surface area contributed by atoms with Crippen LogP contribution in [0.25, 0.3) is 0 Å². The van der Waals surface area contributed by atoms with Crippen LogP contribution in [-0.4, -0.2) is 27.6 Å². The van der Waals surface area contributed by atoms with Gasteiger partial charge in [0.25, 0.3) is 5.91 Å². The average Bonchev–Trinajstić information content (AvgIpc) is 3.04. The van der Waals surface area contributed by atoms with Gasteiger partial charge in [0.2, 0.25) is 5.82 Å². The molecule has 0 radical (unpaired) electrons. The van der Waals surface area contributed by atoms with E-state index in [1.807, 2.05) is 6.92 Å². The molecule has 0 aliphatic heterocycles. The zero-order valence-corrected chi connectivity index (χ0v) is 12.8. The molecule has 5 heteroatoms. The van der Waals surface area contributed by atoms with Crippen molar-refractivity contribution in [3.63, 3.8) is 0 Å². The molecule has 1 aliphatic rings. The molecular weight excluding hydrogens is 252 g/mol. The number of rotatable bonds is 6. The molecule has 2 N–H and O–H groups in total. The standard InChI is InChI=1S/C15H26N4O/c1-4-12-17-13(19-18-12)14(20)16-10-15(9-11(2)3)7-5-6-8-15/h11H,4-10H2,1-3H3,(H,16,20)(H,17,18,19). The van der Waals surface area contributed by atoms with E-state index in [2.05, 4.69) is 34.3 Å². The molecule has 1 fully saturated rings. The van der Waals surface area contributed by atoms with Gasteiger partial charge in [0.05, 0.1) is 0 Å². The molecule has 0 saturated heterocycles. The molecule has 0 spiro atoms. The van der Waals surface area contributed by atoms with Crippen LogP contribution in [0.2, 0.25) is 0 Å². The Morgan fingerprint density at radius 1 is 1.40 bits per heavy atom. The maximum atomic E-state index is 12.1. The Labute approximate surface area is 120 Å². The molecule has 1 aromatic heterocycles. The molecule has 0 unspecified atom stereocenters. The van der Waals surface area contributed by atoms with E-state index in [0.29, 0.717) is 5.92 Å². The number of nitrogens with one attached hydrogen (secondary N) is 2. The number of hydrogen-bond acceptors (Lipinski definition) is 3. The molecule has 0 atom stereocenters. The predicted molar refractivity (Wildman–Crippen MR) is 78.4 cm³/mol. The highest BCUT2D eigenvalue weighted by Gasteiger charge is 2.34. The number of carbonyl (C=O) groups is 1. The highest BCUT2D eigenvalue weighted by atomic mass is 16.2. The third-order valence-electron chi connectivity index (χ3n) is 4.20. The minimum Gasteiger partial charge on any atom is -0.349 e. The second-order valence-electron chi connectivity index (χ2n) is 6.45. The van der Waals surface area contributed by atoms with Crippen molar-refractivity contribution >= 4 is 5.91 Å². The summed E-state index contributed by atoms with van der Waals surface area (Å²) >= 11 is 0. The minimum absolute atomic E-state index is 0.156. The monoisotopic (exact) mass is 278 g/mol. The van der Waals surface area contributed by atoms with Crippen LogP contribution >= 0.6 is 0 Å². The summed E-state index contributed by atoms with van der Waals surface area (Å²) in [5.41, 5.74) is 0.285. The van der Waals surface area contributed by atoms with E-state index in [9.17, 15) is 4.79 Å². The molecule has 112 valence electrons. The molecule has 5 nitrogen and oxygen atoms in total. The van der Waals surface area contributed by atoms with Crippen molar-refractivity contribution in [3.8, 4) is 0 Å². The number of aromatic amines is 1. The van der Waals surface area contributed by atoms with Gasteiger partial charge in [-0.3, -0.25) is 9.89 Å². The molecule has 2 rings (SSSR count). The van der Waals surface area contributed by atoms with E-state index in [1.54, 1.807) is 0 Å². The van der Waals surface area contributed by atoms with Crippen molar-refractivity contribution < 1.29 is 4.79 Å².